The van der Waals surface area contributed by atoms with Gasteiger partial charge in [-0.2, -0.15) is 0 Å². The van der Waals surface area contributed by atoms with Crippen LogP contribution >= 0.6 is 11.6 Å². The Morgan fingerprint density at radius 3 is 2.36 bits per heavy atom. The first-order chi connectivity index (χ1) is 17.5. The summed E-state index contributed by atoms with van der Waals surface area (Å²) in [5.74, 6) is 0.457. The van der Waals surface area contributed by atoms with Gasteiger partial charge >= 0.3 is 5.97 Å². The maximum absolute atomic E-state index is 13.6. The molecule has 0 saturated heterocycles. The van der Waals surface area contributed by atoms with Gasteiger partial charge in [-0.15, -0.1) is 0 Å². The van der Waals surface area contributed by atoms with E-state index in [0.29, 0.717) is 41.3 Å². The first-order valence-corrected chi connectivity index (χ1v) is 12.2. The Morgan fingerprint density at radius 2 is 1.67 bits per heavy atom. The van der Waals surface area contributed by atoms with Gasteiger partial charge in [0.05, 0.1) is 25.7 Å². The summed E-state index contributed by atoms with van der Waals surface area (Å²) in [4.78, 5) is 26.6. The Hall–Kier alpha value is -3.77. The molecule has 0 bridgehead atoms. The number of hydrogen-bond donors (Lipinski definition) is 0. The third kappa shape index (κ3) is 4.44. The number of rotatable bonds is 6. The lowest BCUT2D eigenvalue weighted by Crippen LogP contribution is -2.26. The quantitative estimate of drug-likeness (QED) is 0.309. The molecule has 1 aliphatic carbocycles. The molecule has 3 aromatic carbocycles. The van der Waals surface area contributed by atoms with E-state index < -0.39 is 0 Å². The normalized spacial score (nSPS) is 14.8. The van der Waals surface area contributed by atoms with E-state index in [4.69, 9.17) is 25.8 Å². The molecule has 0 fully saturated rings. The van der Waals surface area contributed by atoms with E-state index in [1.54, 1.807) is 43.1 Å². The molecule has 1 unspecified atom stereocenters. The van der Waals surface area contributed by atoms with Crippen LogP contribution < -0.4 is 9.47 Å². The number of carbonyl (C=O) groups excluding carboxylic acids is 2. The second kappa shape index (κ2) is 10.1. The number of esters is 1. The molecule has 1 aromatic heterocycles. The second-order valence-corrected chi connectivity index (χ2v) is 9.27. The highest BCUT2D eigenvalue weighted by atomic mass is 35.5. The zero-order valence-electron chi connectivity index (χ0n) is 20.1. The average Bonchev–Trinajstić information content (AvgIpc) is 3.24. The molecule has 1 heterocycles. The fourth-order valence-corrected chi connectivity index (χ4v) is 5.00. The number of aromatic nitrogens is 1. The monoisotopic (exact) mass is 503 g/mol. The van der Waals surface area contributed by atoms with Crippen LogP contribution in [0.3, 0.4) is 0 Å². The largest absolute Gasteiger partial charge is 0.493 e. The summed E-state index contributed by atoms with van der Waals surface area (Å²) in [5.41, 5.74) is 4.09. The summed E-state index contributed by atoms with van der Waals surface area (Å²) in [6, 6.07) is 20.2. The van der Waals surface area contributed by atoms with E-state index >= 15 is 0 Å². The molecule has 7 heteroatoms. The SMILES string of the molecule is COc1cc2c3c(n(C(=O)c4ccccc4)c2cc1OC)CCC(C(=O)OCc1ccc(Cl)cc1)C3. The Kier molecular flexibility index (Phi) is 6.70. The number of carbonyl (C=O) groups is 2. The van der Waals surface area contributed by atoms with Crippen LogP contribution in [-0.4, -0.2) is 30.7 Å². The molecule has 0 spiro atoms. The van der Waals surface area contributed by atoms with E-state index in [2.05, 4.69) is 0 Å². The molecule has 36 heavy (non-hydrogen) atoms. The lowest BCUT2D eigenvalue weighted by Gasteiger charge is -2.22. The van der Waals surface area contributed by atoms with E-state index in [0.717, 1.165) is 27.7 Å². The number of hydrogen-bond acceptors (Lipinski definition) is 5. The fourth-order valence-electron chi connectivity index (χ4n) is 4.88. The van der Waals surface area contributed by atoms with Crippen LogP contribution in [0.25, 0.3) is 10.9 Å². The first-order valence-electron chi connectivity index (χ1n) is 11.8. The van der Waals surface area contributed by atoms with Gasteiger partial charge in [-0.3, -0.25) is 14.2 Å². The minimum atomic E-state index is -0.302. The molecular weight excluding hydrogens is 478 g/mol. The third-order valence-electron chi connectivity index (χ3n) is 6.72. The Morgan fingerprint density at radius 1 is 0.972 bits per heavy atom. The van der Waals surface area contributed by atoms with Crippen LogP contribution in [0.2, 0.25) is 5.02 Å². The standard InChI is InChI=1S/C29H26ClNO5/c1-34-26-15-23-22-14-20(29(33)36-17-18-8-11-21(30)12-9-18)10-13-24(22)31(25(23)16-27(26)35-2)28(32)19-6-4-3-5-7-19/h3-9,11-12,15-16,20H,10,13-14,17H2,1-2H3. The highest BCUT2D eigenvalue weighted by Crippen LogP contribution is 2.40. The molecule has 6 nitrogen and oxygen atoms in total. The minimum Gasteiger partial charge on any atom is -0.493 e. The summed E-state index contributed by atoms with van der Waals surface area (Å²) in [6.07, 6.45) is 1.66. The van der Waals surface area contributed by atoms with Gasteiger partial charge in [0.2, 0.25) is 0 Å². The maximum Gasteiger partial charge on any atom is 0.309 e. The Bertz CT molecular complexity index is 1430. The number of ether oxygens (including phenoxy) is 3. The molecule has 4 aromatic rings. The van der Waals surface area contributed by atoms with Gasteiger partial charge in [0, 0.05) is 27.7 Å². The van der Waals surface area contributed by atoms with Crippen LogP contribution in [-0.2, 0) is 29.0 Å². The lowest BCUT2D eigenvalue weighted by atomic mass is 9.86. The van der Waals surface area contributed by atoms with Gasteiger partial charge in [0.15, 0.2) is 11.5 Å². The molecule has 0 N–H and O–H groups in total. The molecule has 0 amide bonds. The predicted molar refractivity (Wildman–Crippen MR) is 138 cm³/mol. The van der Waals surface area contributed by atoms with Crippen molar-refractivity contribution in [3.8, 4) is 11.5 Å². The highest BCUT2D eigenvalue weighted by molar-refractivity contribution is 6.30. The summed E-state index contributed by atoms with van der Waals surface area (Å²) >= 11 is 5.95. The zero-order valence-corrected chi connectivity index (χ0v) is 20.9. The first kappa shape index (κ1) is 23.9. The molecule has 5 rings (SSSR count). The summed E-state index contributed by atoms with van der Waals surface area (Å²) < 4.78 is 18.5. The van der Waals surface area contributed by atoms with Gasteiger partial charge < -0.3 is 14.2 Å². The smallest absolute Gasteiger partial charge is 0.309 e. The van der Waals surface area contributed by atoms with Crippen molar-refractivity contribution in [2.45, 2.75) is 25.9 Å². The van der Waals surface area contributed by atoms with Gasteiger partial charge in [0.25, 0.3) is 5.91 Å². The number of halogens is 1. The van der Waals surface area contributed by atoms with Crippen molar-refractivity contribution < 1.29 is 23.8 Å². The molecule has 0 saturated carbocycles. The van der Waals surface area contributed by atoms with Crippen molar-refractivity contribution in [1.29, 1.82) is 0 Å². The van der Waals surface area contributed by atoms with Gasteiger partial charge in [-0.1, -0.05) is 41.9 Å². The highest BCUT2D eigenvalue weighted by Gasteiger charge is 2.33. The van der Waals surface area contributed by atoms with Crippen LogP contribution in [0.1, 0.15) is 33.6 Å². The summed E-state index contributed by atoms with van der Waals surface area (Å²) in [7, 11) is 3.15. The molecular formula is C29H26ClNO5. The summed E-state index contributed by atoms with van der Waals surface area (Å²) in [5, 5.41) is 1.51. The van der Waals surface area contributed by atoms with Crippen molar-refractivity contribution in [3.63, 3.8) is 0 Å². The third-order valence-corrected chi connectivity index (χ3v) is 6.97. The molecule has 1 aliphatic rings. The van der Waals surface area contributed by atoms with Crippen molar-refractivity contribution in [3.05, 3.63) is 94.1 Å². The number of methoxy groups -OCH3 is 2. The Balaban J connectivity index is 1.50. The van der Waals surface area contributed by atoms with Crippen molar-refractivity contribution in [2.75, 3.05) is 14.2 Å². The van der Waals surface area contributed by atoms with Crippen molar-refractivity contribution >= 4 is 34.4 Å². The van der Waals surface area contributed by atoms with Crippen LogP contribution in [0, 0.1) is 5.92 Å². The number of fused-ring (bicyclic) bond motifs is 3. The molecule has 1 atom stereocenters. The summed E-state index contributed by atoms with van der Waals surface area (Å²) in [6.45, 7) is 0.193. The van der Waals surface area contributed by atoms with Crippen LogP contribution in [0.15, 0.2) is 66.7 Å². The van der Waals surface area contributed by atoms with Gasteiger partial charge in [-0.05, 0) is 60.7 Å². The molecule has 0 aliphatic heterocycles. The van der Waals surface area contributed by atoms with E-state index in [9.17, 15) is 9.59 Å². The minimum absolute atomic E-state index is 0.113. The molecule has 0 radical (unpaired) electrons. The Labute approximate surface area is 214 Å². The van der Waals surface area contributed by atoms with E-state index in [-0.39, 0.29) is 24.4 Å². The number of nitrogens with zero attached hydrogens (tertiary/aromatic N) is 1. The van der Waals surface area contributed by atoms with Crippen LogP contribution in [0.5, 0.6) is 11.5 Å². The number of benzene rings is 3. The molecule has 184 valence electrons. The maximum atomic E-state index is 13.6. The van der Waals surface area contributed by atoms with Crippen molar-refractivity contribution in [2.24, 2.45) is 5.92 Å². The van der Waals surface area contributed by atoms with Gasteiger partial charge in [-0.25, -0.2) is 0 Å². The average molecular weight is 504 g/mol. The zero-order chi connectivity index (χ0) is 25.2. The predicted octanol–water partition coefficient (Wildman–Crippen LogP) is 5.85. The fraction of sp³-hybridized carbons (Fsp3) is 0.241. The van der Waals surface area contributed by atoms with Gasteiger partial charge in [0.1, 0.15) is 6.61 Å². The van der Waals surface area contributed by atoms with E-state index in [1.165, 1.54) is 0 Å². The van der Waals surface area contributed by atoms with E-state index in [1.807, 2.05) is 42.5 Å². The second-order valence-electron chi connectivity index (χ2n) is 8.83. The lowest BCUT2D eigenvalue weighted by molar-refractivity contribution is -0.150. The van der Waals surface area contributed by atoms with Crippen molar-refractivity contribution in [1.82, 2.24) is 4.57 Å². The van der Waals surface area contributed by atoms with Crippen LogP contribution in [0.4, 0.5) is 0 Å². The topological polar surface area (TPSA) is 66.8 Å².